The van der Waals surface area contributed by atoms with E-state index in [2.05, 4.69) is 29.7 Å². The maximum atomic E-state index is 12.0. The van der Waals surface area contributed by atoms with Gasteiger partial charge in [0.2, 0.25) is 5.91 Å². The Balaban J connectivity index is 1.80. The molecule has 0 saturated heterocycles. The summed E-state index contributed by atoms with van der Waals surface area (Å²) in [4.78, 5) is 12.0. The van der Waals surface area contributed by atoms with Gasteiger partial charge in [-0.05, 0) is 25.0 Å². The molecule has 2 aromatic carbocycles. The van der Waals surface area contributed by atoms with Crippen LogP contribution in [0.3, 0.4) is 0 Å². The second-order valence-electron chi connectivity index (χ2n) is 5.21. The maximum Gasteiger partial charge on any atom is 0.234 e. The number of nitrogens with one attached hydrogen (secondary N) is 2. The standard InChI is InChI=1S/C18H22N2O/c1-14(16-9-5-3-6-10-16)19-13-18(21)20-15(2)17-11-7-4-8-12-17/h3-12,14-15,19H,13H2,1-2H3,(H,20,21)/t14-,15-/m0/s1. The normalized spacial score (nSPS) is 13.4. The van der Waals surface area contributed by atoms with E-state index < -0.39 is 0 Å². The van der Waals surface area contributed by atoms with E-state index in [0.717, 1.165) is 5.56 Å². The van der Waals surface area contributed by atoms with Gasteiger partial charge in [-0.2, -0.15) is 0 Å². The van der Waals surface area contributed by atoms with Gasteiger partial charge in [0, 0.05) is 6.04 Å². The molecule has 0 fully saturated rings. The molecule has 2 rings (SSSR count). The molecule has 0 aliphatic rings. The minimum Gasteiger partial charge on any atom is -0.348 e. The summed E-state index contributed by atoms with van der Waals surface area (Å²) >= 11 is 0. The zero-order chi connectivity index (χ0) is 15.1. The van der Waals surface area contributed by atoms with Crippen LogP contribution in [0.1, 0.15) is 37.1 Å². The summed E-state index contributed by atoms with van der Waals surface area (Å²) in [7, 11) is 0. The van der Waals surface area contributed by atoms with Gasteiger partial charge in [0.25, 0.3) is 0 Å². The van der Waals surface area contributed by atoms with Gasteiger partial charge in [0.15, 0.2) is 0 Å². The Hall–Kier alpha value is -2.13. The average Bonchev–Trinajstić information content (AvgIpc) is 2.54. The van der Waals surface area contributed by atoms with E-state index in [-0.39, 0.29) is 18.0 Å². The topological polar surface area (TPSA) is 41.1 Å². The Bertz CT molecular complexity index is 554. The molecule has 0 aliphatic carbocycles. The van der Waals surface area contributed by atoms with Crippen LogP contribution in [0.4, 0.5) is 0 Å². The second-order valence-corrected chi connectivity index (χ2v) is 5.21. The third kappa shape index (κ3) is 4.72. The van der Waals surface area contributed by atoms with Gasteiger partial charge >= 0.3 is 0 Å². The fourth-order valence-electron chi connectivity index (χ4n) is 2.22. The summed E-state index contributed by atoms with van der Waals surface area (Å²) < 4.78 is 0. The van der Waals surface area contributed by atoms with Gasteiger partial charge < -0.3 is 10.6 Å². The van der Waals surface area contributed by atoms with Crippen LogP contribution in [0.15, 0.2) is 60.7 Å². The Kier molecular flexibility index (Phi) is 5.52. The van der Waals surface area contributed by atoms with Gasteiger partial charge in [-0.3, -0.25) is 4.79 Å². The van der Waals surface area contributed by atoms with Crippen molar-refractivity contribution in [3.63, 3.8) is 0 Å². The third-order valence-corrected chi connectivity index (χ3v) is 3.55. The SMILES string of the molecule is C[C@H](NCC(=O)N[C@@H](C)c1ccccc1)c1ccccc1. The van der Waals surface area contributed by atoms with E-state index in [1.165, 1.54) is 5.56 Å². The van der Waals surface area contributed by atoms with Crippen molar-refractivity contribution in [3.05, 3.63) is 71.8 Å². The number of hydrogen-bond donors (Lipinski definition) is 2. The highest BCUT2D eigenvalue weighted by Gasteiger charge is 2.10. The molecular formula is C18H22N2O. The molecule has 0 heterocycles. The molecule has 0 spiro atoms. The summed E-state index contributed by atoms with van der Waals surface area (Å²) in [6.07, 6.45) is 0. The molecule has 0 unspecified atom stereocenters. The first-order chi connectivity index (χ1) is 10.2. The van der Waals surface area contributed by atoms with Crippen LogP contribution in [0.2, 0.25) is 0 Å². The molecule has 2 N–H and O–H groups in total. The van der Waals surface area contributed by atoms with E-state index in [9.17, 15) is 4.79 Å². The van der Waals surface area contributed by atoms with Crippen LogP contribution in [0, 0.1) is 0 Å². The quantitative estimate of drug-likeness (QED) is 0.854. The molecule has 2 aromatic rings. The number of amides is 1. The molecule has 21 heavy (non-hydrogen) atoms. The molecular weight excluding hydrogens is 260 g/mol. The van der Waals surface area contributed by atoms with Crippen molar-refractivity contribution in [1.29, 1.82) is 0 Å². The minimum atomic E-state index is 0.00846. The van der Waals surface area contributed by atoms with Gasteiger partial charge in [0.1, 0.15) is 0 Å². The van der Waals surface area contributed by atoms with Gasteiger partial charge in [-0.25, -0.2) is 0 Å². The molecule has 0 saturated carbocycles. The highest BCUT2D eigenvalue weighted by atomic mass is 16.1. The van der Waals surface area contributed by atoms with Gasteiger partial charge in [-0.1, -0.05) is 60.7 Å². The van der Waals surface area contributed by atoms with Crippen molar-refractivity contribution in [2.24, 2.45) is 0 Å². The Morgan fingerprint density at radius 3 is 1.86 bits per heavy atom. The van der Waals surface area contributed by atoms with Crippen molar-refractivity contribution >= 4 is 5.91 Å². The number of rotatable bonds is 6. The number of benzene rings is 2. The van der Waals surface area contributed by atoms with Crippen molar-refractivity contribution in [3.8, 4) is 0 Å². The smallest absolute Gasteiger partial charge is 0.234 e. The highest BCUT2D eigenvalue weighted by Crippen LogP contribution is 2.12. The zero-order valence-electron chi connectivity index (χ0n) is 12.5. The number of carbonyl (C=O) groups excluding carboxylic acids is 1. The first kappa shape index (κ1) is 15.3. The zero-order valence-corrected chi connectivity index (χ0v) is 12.5. The molecule has 0 radical (unpaired) electrons. The number of hydrogen-bond acceptors (Lipinski definition) is 2. The minimum absolute atomic E-state index is 0.00846. The number of carbonyl (C=O) groups is 1. The summed E-state index contributed by atoms with van der Waals surface area (Å²) in [6, 6.07) is 20.3. The summed E-state index contributed by atoms with van der Waals surface area (Å²) in [5.74, 6) is 0.00846. The molecule has 0 aromatic heterocycles. The van der Waals surface area contributed by atoms with Gasteiger partial charge in [-0.15, -0.1) is 0 Å². The second kappa shape index (κ2) is 7.60. The van der Waals surface area contributed by atoms with Crippen LogP contribution in [0.25, 0.3) is 0 Å². The Labute approximate surface area is 126 Å². The lowest BCUT2D eigenvalue weighted by Crippen LogP contribution is -2.36. The summed E-state index contributed by atoms with van der Waals surface area (Å²) in [6.45, 7) is 4.37. The van der Waals surface area contributed by atoms with Crippen molar-refractivity contribution in [2.75, 3.05) is 6.54 Å². The van der Waals surface area contributed by atoms with E-state index in [0.29, 0.717) is 6.54 Å². The first-order valence-corrected chi connectivity index (χ1v) is 7.29. The predicted octanol–water partition coefficient (Wildman–Crippen LogP) is 3.21. The molecule has 1 amide bonds. The van der Waals surface area contributed by atoms with Crippen LogP contribution in [-0.4, -0.2) is 12.5 Å². The highest BCUT2D eigenvalue weighted by molar-refractivity contribution is 5.78. The van der Waals surface area contributed by atoms with Gasteiger partial charge in [0.05, 0.1) is 12.6 Å². The molecule has 3 nitrogen and oxygen atoms in total. The van der Waals surface area contributed by atoms with Crippen molar-refractivity contribution in [2.45, 2.75) is 25.9 Å². The monoisotopic (exact) mass is 282 g/mol. The lowest BCUT2D eigenvalue weighted by atomic mass is 10.1. The fourth-order valence-corrected chi connectivity index (χ4v) is 2.22. The molecule has 0 bridgehead atoms. The third-order valence-electron chi connectivity index (χ3n) is 3.55. The van der Waals surface area contributed by atoms with Crippen molar-refractivity contribution in [1.82, 2.24) is 10.6 Å². The van der Waals surface area contributed by atoms with Crippen LogP contribution < -0.4 is 10.6 Å². The molecule has 3 heteroatoms. The first-order valence-electron chi connectivity index (χ1n) is 7.29. The summed E-state index contributed by atoms with van der Waals surface area (Å²) in [5.41, 5.74) is 2.29. The van der Waals surface area contributed by atoms with E-state index >= 15 is 0 Å². The Morgan fingerprint density at radius 1 is 0.857 bits per heavy atom. The van der Waals surface area contributed by atoms with E-state index in [1.807, 2.05) is 55.5 Å². The van der Waals surface area contributed by atoms with E-state index in [1.54, 1.807) is 0 Å². The fraction of sp³-hybridized carbons (Fsp3) is 0.278. The largest absolute Gasteiger partial charge is 0.348 e. The molecule has 2 atom stereocenters. The maximum absolute atomic E-state index is 12.0. The predicted molar refractivity (Wildman–Crippen MR) is 85.9 cm³/mol. The summed E-state index contributed by atoms with van der Waals surface area (Å²) in [5, 5.41) is 6.25. The van der Waals surface area contributed by atoms with E-state index in [4.69, 9.17) is 0 Å². The lowest BCUT2D eigenvalue weighted by Gasteiger charge is -2.17. The van der Waals surface area contributed by atoms with Crippen molar-refractivity contribution < 1.29 is 4.79 Å². The molecule has 0 aliphatic heterocycles. The lowest BCUT2D eigenvalue weighted by molar-refractivity contribution is -0.121. The molecule has 110 valence electrons. The van der Waals surface area contributed by atoms with Crippen LogP contribution >= 0.6 is 0 Å². The Morgan fingerprint density at radius 2 is 1.33 bits per heavy atom. The average molecular weight is 282 g/mol. The van der Waals surface area contributed by atoms with Crippen LogP contribution in [0.5, 0.6) is 0 Å². The van der Waals surface area contributed by atoms with Crippen LogP contribution in [-0.2, 0) is 4.79 Å².